The first-order valence-electron chi connectivity index (χ1n) is 12.3. The van der Waals surface area contributed by atoms with Crippen LogP contribution in [0.25, 0.3) is 22.5 Å². The summed E-state index contributed by atoms with van der Waals surface area (Å²) in [4.78, 5) is 4.86. The lowest BCUT2D eigenvalue weighted by Crippen LogP contribution is -2.14. The molecule has 0 aliphatic heterocycles. The summed E-state index contributed by atoms with van der Waals surface area (Å²) in [6.45, 7) is 8.49. The van der Waals surface area contributed by atoms with Gasteiger partial charge in [-0.15, -0.1) is 0 Å². The molecule has 0 aliphatic rings. The molecule has 0 spiro atoms. The van der Waals surface area contributed by atoms with E-state index in [0.29, 0.717) is 13.0 Å². The SMILES string of the molecule is CC[C@@H](O)Cn1cc(-c2cccc(C(C)c3nnc(-c4c(F)cccc4F)cc3[C@@H](C)CC)n2)cn1. The molecule has 6 nitrogen and oxygen atoms in total. The molecule has 1 aromatic carbocycles. The number of benzene rings is 1. The van der Waals surface area contributed by atoms with Gasteiger partial charge in [-0.2, -0.15) is 15.3 Å². The van der Waals surface area contributed by atoms with Gasteiger partial charge in [0, 0.05) is 23.4 Å². The second-order valence-electron chi connectivity index (χ2n) is 9.16. The molecular formula is C28H31F2N5O. The van der Waals surface area contributed by atoms with Crippen LogP contribution in [0, 0.1) is 11.6 Å². The molecule has 0 saturated heterocycles. The van der Waals surface area contributed by atoms with Gasteiger partial charge in [0.2, 0.25) is 0 Å². The van der Waals surface area contributed by atoms with Crippen molar-refractivity contribution in [1.29, 1.82) is 0 Å². The summed E-state index contributed by atoms with van der Waals surface area (Å²) >= 11 is 0. The maximum atomic E-state index is 14.4. The fraction of sp³-hybridized carbons (Fsp3) is 0.357. The van der Waals surface area contributed by atoms with Crippen LogP contribution in [-0.2, 0) is 6.54 Å². The number of rotatable bonds is 9. The number of halogens is 2. The fourth-order valence-electron chi connectivity index (χ4n) is 4.17. The van der Waals surface area contributed by atoms with Gasteiger partial charge in [0.05, 0.1) is 41.5 Å². The van der Waals surface area contributed by atoms with E-state index in [1.54, 1.807) is 16.9 Å². The van der Waals surface area contributed by atoms with Crippen molar-refractivity contribution in [2.45, 2.75) is 65.0 Å². The van der Waals surface area contributed by atoms with Gasteiger partial charge in [-0.1, -0.05) is 39.8 Å². The van der Waals surface area contributed by atoms with E-state index in [-0.39, 0.29) is 23.1 Å². The number of nitrogens with zero attached hydrogens (tertiary/aromatic N) is 5. The summed E-state index contributed by atoms with van der Waals surface area (Å²) < 4.78 is 30.6. The highest BCUT2D eigenvalue weighted by atomic mass is 19.1. The van der Waals surface area contributed by atoms with Crippen molar-refractivity contribution in [3.8, 4) is 22.5 Å². The summed E-state index contributed by atoms with van der Waals surface area (Å²) in [6.07, 6.45) is 4.65. The molecular weight excluding hydrogens is 460 g/mol. The van der Waals surface area contributed by atoms with Crippen LogP contribution in [0.5, 0.6) is 0 Å². The molecule has 36 heavy (non-hydrogen) atoms. The second-order valence-corrected chi connectivity index (χ2v) is 9.16. The van der Waals surface area contributed by atoms with E-state index in [2.05, 4.69) is 29.1 Å². The first-order valence-corrected chi connectivity index (χ1v) is 12.3. The highest BCUT2D eigenvalue weighted by Crippen LogP contribution is 2.34. The van der Waals surface area contributed by atoms with Crippen LogP contribution in [0.3, 0.4) is 0 Å². The quantitative estimate of drug-likeness (QED) is 0.305. The van der Waals surface area contributed by atoms with Gasteiger partial charge in [-0.25, -0.2) is 8.78 Å². The highest BCUT2D eigenvalue weighted by Gasteiger charge is 2.23. The lowest BCUT2D eigenvalue weighted by molar-refractivity contribution is 0.145. The van der Waals surface area contributed by atoms with E-state index in [1.165, 1.54) is 18.2 Å². The van der Waals surface area contributed by atoms with Crippen LogP contribution in [0.4, 0.5) is 8.78 Å². The van der Waals surface area contributed by atoms with Crippen LogP contribution in [0.2, 0.25) is 0 Å². The Balaban J connectivity index is 1.69. The average Bonchev–Trinajstić information content (AvgIpc) is 3.36. The van der Waals surface area contributed by atoms with Gasteiger partial charge >= 0.3 is 0 Å². The Bertz CT molecular complexity index is 1320. The average molecular weight is 492 g/mol. The lowest BCUT2D eigenvalue weighted by Gasteiger charge is -2.19. The second kappa shape index (κ2) is 11.0. The Labute approximate surface area is 210 Å². The van der Waals surface area contributed by atoms with Gasteiger partial charge < -0.3 is 5.11 Å². The smallest absolute Gasteiger partial charge is 0.135 e. The van der Waals surface area contributed by atoms with E-state index in [4.69, 9.17) is 4.98 Å². The van der Waals surface area contributed by atoms with Gasteiger partial charge in [0.15, 0.2) is 0 Å². The molecule has 0 aliphatic carbocycles. The zero-order valence-corrected chi connectivity index (χ0v) is 21.0. The van der Waals surface area contributed by atoms with Crippen molar-refractivity contribution in [3.05, 3.63) is 83.4 Å². The van der Waals surface area contributed by atoms with Crippen LogP contribution >= 0.6 is 0 Å². The predicted octanol–water partition coefficient (Wildman–Crippen LogP) is 6.12. The summed E-state index contributed by atoms with van der Waals surface area (Å²) in [5.41, 5.74) is 4.06. The van der Waals surface area contributed by atoms with Crippen LogP contribution < -0.4 is 0 Å². The summed E-state index contributed by atoms with van der Waals surface area (Å²) in [7, 11) is 0. The van der Waals surface area contributed by atoms with E-state index in [1.807, 2.05) is 38.2 Å². The van der Waals surface area contributed by atoms with E-state index in [0.717, 1.165) is 34.6 Å². The minimum Gasteiger partial charge on any atom is -0.391 e. The van der Waals surface area contributed by atoms with Crippen molar-refractivity contribution < 1.29 is 13.9 Å². The summed E-state index contributed by atoms with van der Waals surface area (Å²) in [5, 5.41) is 22.9. The molecule has 8 heteroatoms. The maximum Gasteiger partial charge on any atom is 0.135 e. The van der Waals surface area contributed by atoms with E-state index in [9.17, 15) is 13.9 Å². The minimum absolute atomic E-state index is 0.109. The predicted molar refractivity (Wildman–Crippen MR) is 135 cm³/mol. The number of aliphatic hydroxyl groups excluding tert-OH is 1. The Morgan fingerprint density at radius 3 is 2.36 bits per heavy atom. The molecule has 188 valence electrons. The third-order valence-corrected chi connectivity index (χ3v) is 6.64. The molecule has 3 atom stereocenters. The molecule has 0 radical (unpaired) electrons. The van der Waals surface area contributed by atoms with Crippen molar-refractivity contribution >= 4 is 0 Å². The highest BCUT2D eigenvalue weighted by molar-refractivity contribution is 5.62. The minimum atomic E-state index is -0.665. The molecule has 3 heterocycles. The summed E-state index contributed by atoms with van der Waals surface area (Å²) in [6, 6.07) is 11.3. The normalized spacial score (nSPS) is 14.0. The van der Waals surface area contributed by atoms with Gasteiger partial charge in [-0.05, 0) is 54.7 Å². The van der Waals surface area contributed by atoms with E-state index < -0.39 is 17.7 Å². The lowest BCUT2D eigenvalue weighted by atomic mass is 9.89. The summed E-state index contributed by atoms with van der Waals surface area (Å²) in [5.74, 6) is -1.42. The van der Waals surface area contributed by atoms with Crippen LogP contribution in [-0.4, -0.2) is 36.2 Å². The fourth-order valence-corrected chi connectivity index (χ4v) is 4.17. The van der Waals surface area contributed by atoms with Crippen molar-refractivity contribution in [2.75, 3.05) is 0 Å². The molecule has 0 fully saturated rings. The molecule has 1 unspecified atom stereocenters. The molecule has 4 aromatic rings. The molecule has 4 rings (SSSR count). The van der Waals surface area contributed by atoms with Crippen molar-refractivity contribution in [3.63, 3.8) is 0 Å². The van der Waals surface area contributed by atoms with Gasteiger partial charge in [0.1, 0.15) is 11.6 Å². The number of hydrogen-bond acceptors (Lipinski definition) is 5. The number of aromatic nitrogens is 5. The van der Waals surface area contributed by atoms with Crippen LogP contribution in [0.1, 0.15) is 69.3 Å². The number of pyridine rings is 1. The first kappa shape index (κ1) is 25.6. The standard InChI is InChI=1S/C28H31F2N5O/c1-5-17(3)21-13-26(27-22(29)9-7-10-23(27)30)33-34-28(21)18(4)24-11-8-12-25(32-24)19-14-31-35(15-19)16-20(36)6-2/h7-15,17-18,20,36H,5-6,16H2,1-4H3/t17-,18?,20+/m0/s1. The molecule has 0 bridgehead atoms. The van der Waals surface area contributed by atoms with Gasteiger partial charge in [0.25, 0.3) is 0 Å². The Morgan fingerprint density at radius 2 is 1.67 bits per heavy atom. The molecule has 1 N–H and O–H groups in total. The maximum absolute atomic E-state index is 14.4. The van der Waals surface area contributed by atoms with Crippen molar-refractivity contribution in [2.24, 2.45) is 0 Å². The largest absolute Gasteiger partial charge is 0.391 e. The third kappa shape index (κ3) is 5.33. The monoisotopic (exact) mass is 491 g/mol. The Hall–Kier alpha value is -3.52. The van der Waals surface area contributed by atoms with Gasteiger partial charge in [-0.3, -0.25) is 9.67 Å². The Kier molecular flexibility index (Phi) is 7.84. The topological polar surface area (TPSA) is 76.7 Å². The zero-order valence-electron chi connectivity index (χ0n) is 21.0. The number of hydrogen-bond donors (Lipinski definition) is 1. The van der Waals surface area contributed by atoms with Crippen molar-refractivity contribution in [1.82, 2.24) is 25.0 Å². The molecule has 3 aromatic heterocycles. The van der Waals surface area contributed by atoms with Crippen LogP contribution in [0.15, 0.2) is 54.9 Å². The third-order valence-electron chi connectivity index (χ3n) is 6.64. The Morgan fingerprint density at radius 1 is 0.944 bits per heavy atom. The molecule has 0 amide bonds. The zero-order chi connectivity index (χ0) is 25.8. The first-order chi connectivity index (χ1) is 17.3. The van der Waals surface area contributed by atoms with E-state index >= 15 is 0 Å². The molecule has 0 saturated carbocycles. The number of aliphatic hydroxyl groups is 1.